The molecule has 4 nitrogen and oxygen atoms in total. The molecule has 0 aromatic carbocycles. The quantitative estimate of drug-likeness (QED) is 0.916. The Hall–Kier alpha value is -1.31. The molecule has 18 heavy (non-hydrogen) atoms. The van der Waals surface area contributed by atoms with E-state index in [0.717, 1.165) is 0 Å². The molecule has 0 aliphatic heterocycles. The second-order valence-electron chi connectivity index (χ2n) is 3.61. The van der Waals surface area contributed by atoms with Crippen molar-refractivity contribution in [1.29, 1.82) is 0 Å². The van der Waals surface area contributed by atoms with Gasteiger partial charge in [0.05, 0.1) is 22.0 Å². The molecule has 0 saturated carbocycles. The molecule has 8 heteroatoms. The monoisotopic (exact) mass is 283 g/mol. The fourth-order valence-corrected chi connectivity index (χ4v) is 2.38. The van der Waals surface area contributed by atoms with Gasteiger partial charge in [0.1, 0.15) is 17.6 Å². The highest BCUT2D eigenvalue weighted by Crippen LogP contribution is 2.18. The van der Waals surface area contributed by atoms with Crippen LogP contribution in [0.5, 0.6) is 0 Å². The third-order valence-electron chi connectivity index (χ3n) is 2.18. The summed E-state index contributed by atoms with van der Waals surface area (Å²) in [5, 5.41) is 0.617. The summed E-state index contributed by atoms with van der Waals surface area (Å²) >= 11 is 0. The van der Waals surface area contributed by atoms with Gasteiger partial charge in [-0.1, -0.05) is 0 Å². The van der Waals surface area contributed by atoms with Crippen LogP contribution >= 0.6 is 0 Å². The van der Waals surface area contributed by atoms with Crippen molar-refractivity contribution in [3.05, 3.63) is 18.1 Å². The predicted octanol–water partition coefficient (Wildman–Crippen LogP) is 1.76. The molecule has 0 bridgehead atoms. The number of alkyl halides is 3. The maximum Gasteiger partial charge on any atom is 0.405 e. The van der Waals surface area contributed by atoms with E-state index in [0.29, 0.717) is 10.7 Å². The van der Waals surface area contributed by atoms with Gasteiger partial charge in [-0.15, -0.1) is 0 Å². The van der Waals surface area contributed by atoms with E-state index in [9.17, 15) is 22.2 Å². The van der Waals surface area contributed by atoms with Gasteiger partial charge < -0.3 is 9.73 Å². The Morgan fingerprint density at radius 1 is 1.56 bits per heavy atom. The molecule has 1 aromatic heterocycles. The third kappa shape index (κ3) is 3.86. The van der Waals surface area contributed by atoms with Crippen LogP contribution < -0.4 is 5.32 Å². The second-order valence-corrected chi connectivity index (χ2v) is 5.36. The van der Waals surface area contributed by atoms with Gasteiger partial charge in [0.2, 0.25) is 5.91 Å². The van der Waals surface area contributed by atoms with Crippen molar-refractivity contribution in [3.63, 3.8) is 0 Å². The van der Waals surface area contributed by atoms with Crippen molar-refractivity contribution in [2.24, 2.45) is 0 Å². The summed E-state index contributed by atoms with van der Waals surface area (Å²) < 4.78 is 52.6. The average Bonchev–Trinajstić information content (AvgIpc) is 2.69. The number of carbonyl (C=O) groups excluding carboxylic acids is 1. The smallest absolute Gasteiger partial charge is 0.405 e. The van der Waals surface area contributed by atoms with E-state index in [2.05, 4.69) is 0 Å². The van der Waals surface area contributed by atoms with E-state index < -0.39 is 34.7 Å². The molecule has 1 N–H and O–H groups in total. The van der Waals surface area contributed by atoms with Gasteiger partial charge >= 0.3 is 6.18 Å². The van der Waals surface area contributed by atoms with Gasteiger partial charge in [-0.05, 0) is 19.9 Å². The maximum absolute atomic E-state index is 11.9. The molecule has 0 radical (unpaired) electrons. The number of aryl methyl sites for hydroxylation is 1. The molecule has 0 unspecified atom stereocenters. The Morgan fingerprint density at radius 2 is 2.17 bits per heavy atom. The molecule has 1 rings (SSSR count). The van der Waals surface area contributed by atoms with Gasteiger partial charge in [0, 0.05) is 0 Å². The number of carbonyl (C=O) groups is 1. The van der Waals surface area contributed by atoms with Gasteiger partial charge in [0.15, 0.2) is 0 Å². The van der Waals surface area contributed by atoms with Crippen molar-refractivity contribution in [2.75, 3.05) is 6.54 Å². The summed E-state index contributed by atoms with van der Waals surface area (Å²) in [5.41, 5.74) is 0. The summed E-state index contributed by atoms with van der Waals surface area (Å²) in [6, 6.07) is 1.43. The van der Waals surface area contributed by atoms with Gasteiger partial charge in [-0.25, -0.2) is 0 Å². The molecular formula is C10H12F3NO3S. The Bertz CT molecular complexity index is 455. The topological polar surface area (TPSA) is 59.3 Å². The lowest BCUT2D eigenvalue weighted by molar-refractivity contribution is -0.137. The van der Waals surface area contributed by atoms with Crippen molar-refractivity contribution < 1.29 is 26.6 Å². The van der Waals surface area contributed by atoms with Crippen LogP contribution in [0.2, 0.25) is 0 Å². The highest BCUT2D eigenvalue weighted by atomic mass is 32.2. The first-order valence-corrected chi connectivity index (χ1v) is 6.23. The van der Waals surface area contributed by atoms with Crippen LogP contribution in [0.1, 0.15) is 12.7 Å². The fourth-order valence-electron chi connectivity index (χ4n) is 1.20. The van der Waals surface area contributed by atoms with Gasteiger partial charge in [-0.2, -0.15) is 13.2 Å². The first kappa shape index (κ1) is 14.7. The minimum absolute atomic E-state index is 0.310. The number of halogens is 3. The fraction of sp³-hybridized carbons (Fsp3) is 0.500. The molecule has 1 heterocycles. The van der Waals surface area contributed by atoms with E-state index in [-0.39, 0.29) is 0 Å². The summed E-state index contributed by atoms with van der Waals surface area (Å²) in [4.78, 5) is 11.7. The minimum atomic E-state index is -4.48. The predicted molar refractivity (Wildman–Crippen MR) is 58.4 cm³/mol. The molecule has 102 valence electrons. The van der Waals surface area contributed by atoms with Crippen LogP contribution in [0.4, 0.5) is 13.2 Å². The zero-order valence-corrected chi connectivity index (χ0v) is 10.5. The number of rotatable bonds is 4. The maximum atomic E-state index is 11.9. The van der Waals surface area contributed by atoms with Crippen LogP contribution in [-0.4, -0.2) is 28.1 Å². The molecular weight excluding hydrogens is 271 g/mol. The van der Waals surface area contributed by atoms with Gasteiger partial charge in [0.25, 0.3) is 0 Å². The van der Waals surface area contributed by atoms with Gasteiger partial charge in [-0.3, -0.25) is 9.00 Å². The Kier molecular flexibility index (Phi) is 4.55. The molecule has 1 amide bonds. The number of hydrogen-bond acceptors (Lipinski definition) is 3. The summed E-state index contributed by atoms with van der Waals surface area (Å²) in [7, 11) is -1.74. The second kappa shape index (κ2) is 5.55. The summed E-state index contributed by atoms with van der Waals surface area (Å²) in [6.07, 6.45) is -3.18. The lowest BCUT2D eigenvalue weighted by Crippen LogP contribution is -2.40. The van der Waals surface area contributed by atoms with Crippen LogP contribution in [0.25, 0.3) is 0 Å². The van der Waals surface area contributed by atoms with Crippen LogP contribution in [-0.2, 0) is 15.6 Å². The third-order valence-corrected chi connectivity index (χ3v) is 3.89. The number of furan rings is 1. The molecule has 0 aliphatic rings. The van der Waals surface area contributed by atoms with E-state index >= 15 is 0 Å². The first-order chi connectivity index (χ1) is 8.22. The number of nitrogens with one attached hydrogen (secondary N) is 1. The molecule has 1 aromatic rings. The highest BCUT2D eigenvalue weighted by molar-refractivity contribution is 7.86. The highest BCUT2D eigenvalue weighted by Gasteiger charge is 2.30. The Balaban J connectivity index is 2.65. The number of amides is 1. The Labute approximate surface area is 104 Å². The van der Waals surface area contributed by atoms with Crippen LogP contribution in [0.3, 0.4) is 0 Å². The van der Waals surface area contributed by atoms with Crippen molar-refractivity contribution in [3.8, 4) is 0 Å². The SMILES string of the molecule is Cc1occc1[S@](=O)[C@@H](C)C(=O)NCC(F)(F)F. The van der Waals surface area contributed by atoms with Crippen molar-refractivity contribution in [2.45, 2.75) is 30.2 Å². The average molecular weight is 283 g/mol. The van der Waals surface area contributed by atoms with E-state index in [4.69, 9.17) is 4.42 Å². The van der Waals surface area contributed by atoms with Crippen LogP contribution in [0.15, 0.2) is 21.6 Å². The molecule has 0 fully saturated rings. The van der Waals surface area contributed by atoms with E-state index in [1.54, 1.807) is 12.2 Å². The molecule has 0 aliphatic carbocycles. The Morgan fingerprint density at radius 3 is 2.61 bits per heavy atom. The number of hydrogen-bond donors (Lipinski definition) is 1. The lowest BCUT2D eigenvalue weighted by Gasteiger charge is -2.13. The zero-order chi connectivity index (χ0) is 13.9. The molecule has 0 spiro atoms. The molecule has 2 atom stereocenters. The standard InChI is InChI=1S/C10H12F3NO3S/c1-6-8(3-4-17-6)18(16)7(2)9(15)14-5-10(11,12)13/h3-4,7H,5H2,1-2H3,(H,14,15)/t7-,18+/m0/s1. The summed E-state index contributed by atoms with van der Waals surface area (Å²) in [5.74, 6) is -0.532. The van der Waals surface area contributed by atoms with Crippen molar-refractivity contribution in [1.82, 2.24) is 5.32 Å². The van der Waals surface area contributed by atoms with E-state index in [1.165, 1.54) is 19.3 Å². The minimum Gasteiger partial charge on any atom is -0.468 e. The zero-order valence-electron chi connectivity index (χ0n) is 9.71. The van der Waals surface area contributed by atoms with Crippen LogP contribution in [0, 0.1) is 6.92 Å². The lowest BCUT2D eigenvalue weighted by atomic mass is 10.4. The first-order valence-electron chi connectivity index (χ1n) is 5.01. The van der Waals surface area contributed by atoms with E-state index in [1.807, 2.05) is 0 Å². The largest absolute Gasteiger partial charge is 0.468 e. The summed E-state index contributed by atoms with van der Waals surface area (Å²) in [6.45, 7) is 1.43. The molecule has 0 saturated heterocycles. The normalized spacial score (nSPS) is 15.2. The van der Waals surface area contributed by atoms with Crippen molar-refractivity contribution >= 4 is 16.7 Å².